The Balaban J connectivity index is 0.00000320. The highest BCUT2D eigenvalue weighted by molar-refractivity contribution is 6.34. The van der Waals surface area contributed by atoms with Gasteiger partial charge in [0.1, 0.15) is 5.78 Å². The molecule has 0 radical (unpaired) electrons. The van der Waals surface area contributed by atoms with Crippen molar-refractivity contribution in [2.75, 3.05) is 0 Å². The molecule has 2 fully saturated rings. The molecule has 2 aromatic carbocycles. The van der Waals surface area contributed by atoms with Gasteiger partial charge in [-0.15, -0.1) is 12.4 Å². The van der Waals surface area contributed by atoms with Crippen molar-refractivity contribution >= 4 is 52.3 Å². The molecular formula is C31H39Cl3N2O. The lowest BCUT2D eigenvalue weighted by molar-refractivity contribution is -0.120. The summed E-state index contributed by atoms with van der Waals surface area (Å²) in [7, 11) is 0. The quantitative estimate of drug-likeness (QED) is 0.298. The molecule has 3 aromatic rings. The van der Waals surface area contributed by atoms with E-state index in [0.29, 0.717) is 40.6 Å². The number of nitrogens with zero attached hydrogens (tertiary/aromatic N) is 1. The van der Waals surface area contributed by atoms with E-state index in [-0.39, 0.29) is 18.3 Å². The Morgan fingerprint density at radius 2 is 1.59 bits per heavy atom. The number of carbonyl (C=O) groups excluding carboxylic acids is 1. The number of ketones is 1. The summed E-state index contributed by atoms with van der Waals surface area (Å²) in [5.41, 5.74) is 9.58. The summed E-state index contributed by atoms with van der Waals surface area (Å²) in [4.78, 5) is 13.5. The molecule has 1 atom stereocenters. The molecule has 3 nitrogen and oxygen atoms in total. The van der Waals surface area contributed by atoms with Gasteiger partial charge in [0.15, 0.2) is 0 Å². The first-order valence-electron chi connectivity index (χ1n) is 13.8. The van der Waals surface area contributed by atoms with Crippen LogP contribution in [0.1, 0.15) is 87.7 Å². The summed E-state index contributed by atoms with van der Waals surface area (Å²) in [6, 6.07) is 14.7. The van der Waals surface area contributed by atoms with E-state index in [4.69, 9.17) is 28.9 Å². The summed E-state index contributed by atoms with van der Waals surface area (Å²) >= 11 is 12.9. The van der Waals surface area contributed by atoms with Gasteiger partial charge in [-0.3, -0.25) is 4.79 Å². The highest BCUT2D eigenvalue weighted by atomic mass is 35.5. The molecule has 0 bridgehead atoms. The molecule has 1 unspecified atom stereocenters. The first-order chi connectivity index (χ1) is 17.5. The smallest absolute Gasteiger partial charge is 0.134 e. The summed E-state index contributed by atoms with van der Waals surface area (Å²) in [6.45, 7) is 1.04. The van der Waals surface area contributed by atoms with E-state index in [2.05, 4.69) is 35.0 Å². The van der Waals surface area contributed by atoms with Gasteiger partial charge in [-0.2, -0.15) is 0 Å². The molecule has 2 N–H and O–H groups in total. The number of carbonyl (C=O) groups is 1. The number of nitrogens with two attached hydrogens (primary N) is 1. The minimum Gasteiger partial charge on any atom is -0.347 e. The van der Waals surface area contributed by atoms with E-state index in [1.807, 2.05) is 12.1 Å². The van der Waals surface area contributed by atoms with Crippen molar-refractivity contribution in [3.8, 4) is 0 Å². The van der Waals surface area contributed by atoms with E-state index < -0.39 is 0 Å². The van der Waals surface area contributed by atoms with Crippen LogP contribution >= 0.6 is 35.6 Å². The lowest BCUT2D eigenvalue weighted by Gasteiger charge is -2.26. The van der Waals surface area contributed by atoms with Gasteiger partial charge >= 0.3 is 0 Å². The highest BCUT2D eigenvalue weighted by Gasteiger charge is 2.27. The topological polar surface area (TPSA) is 48.0 Å². The number of rotatable bonds is 8. The Bertz CT molecular complexity index is 1170. The van der Waals surface area contributed by atoms with Gasteiger partial charge < -0.3 is 10.3 Å². The molecule has 2 aliphatic carbocycles. The van der Waals surface area contributed by atoms with Crippen LogP contribution in [-0.2, 0) is 11.3 Å². The summed E-state index contributed by atoms with van der Waals surface area (Å²) in [5.74, 6) is 1.42. The van der Waals surface area contributed by atoms with Crippen LogP contribution in [0.2, 0.25) is 10.0 Å². The zero-order chi connectivity index (χ0) is 25.1. The molecule has 2 aliphatic rings. The lowest BCUT2D eigenvalue weighted by Crippen LogP contribution is -2.27. The monoisotopic (exact) mass is 560 g/mol. The minimum atomic E-state index is -0.0722. The molecule has 6 heteroatoms. The number of aromatic nitrogens is 1. The fourth-order valence-corrected chi connectivity index (χ4v) is 7.10. The standard InChI is InChI=1S/C31H38Cl2N2O.ClH/c32-24-15-23(16-25(33)17-24)29(18-27(36)14-21-10-12-26(34)13-11-21)30-20-35(19-22-6-2-1-3-7-22)31-9-5-4-8-28(30)31;/h4-5,8-9,15-17,20-22,26,29H,1-3,6-7,10-14,18-19,34H2;1H. The first-order valence-corrected chi connectivity index (χ1v) is 14.5. The van der Waals surface area contributed by atoms with Gasteiger partial charge in [-0.1, -0.05) is 60.7 Å². The number of halogens is 3. The van der Waals surface area contributed by atoms with Crippen molar-refractivity contribution < 1.29 is 4.79 Å². The number of hydrogen-bond acceptors (Lipinski definition) is 2. The molecule has 0 amide bonds. The first kappa shape index (κ1) is 28.5. The van der Waals surface area contributed by atoms with Crippen LogP contribution in [-0.4, -0.2) is 16.4 Å². The van der Waals surface area contributed by atoms with E-state index in [9.17, 15) is 4.79 Å². The van der Waals surface area contributed by atoms with Crippen LogP contribution in [0.15, 0.2) is 48.7 Å². The van der Waals surface area contributed by atoms with Crippen LogP contribution in [0, 0.1) is 11.8 Å². The number of hydrogen-bond donors (Lipinski definition) is 1. The third-order valence-corrected chi connectivity index (χ3v) is 8.94. The van der Waals surface area contributed by atoms with Gasteiger partial charge in [-0.05, 0) is 85.8 Å². The number of benzene rings is 2. The SMILES string of the molecule is Cl.NC1CCC(CC(=O)CC(c2cc(Cl)cc(Cl)c2)c2cn(CC3CCCCC3)c3ccccc23)CC1. The number of para-hydroxylation sites is 1. The number of Topliss-reactive ketones (excluding diaryl/α,β-unsaturated/α-hetero) is 1. The average Bonchev–Trinajstić information content (AvgIpc) is 3.22. The van der Waals surface area contributed by atoms with Crippen molar-refractivity contribution in [2.45, 2.75) is 89.1 Å². The fraction of sp³-hybridized carbons (Fsp3) is 0.516. The molecule has 37 heavy (non-hydrogen) atoms. The van der Waals surface area contributed by atoms with Crippen LogP contribution in [0.4, 0.5) is 0 Å². The molecule has 0 spiro atoms. The maximum absolute atomic E-state index is 13.5. The van der Waals surface area contributed by atoms with Crippen molar-refractivity contribution in [1.29, 1.82) is 0 Å². The Morgan fingerprint density at radius 1 is 0.919 bits per heavy atom. The number of fused-ring (bicyclic) bond motifs is 1. The molecule has 5 rings (SSSR count). The second-order valence-electron chi connectivity index (χ2n) is 11.2. The third-order valence-electron chi connectivity index (χ3n) is 8.50. The van der Waals surface area contributed by atoms with Gasteiger partial charge in [0.25, 0.3) is 0 Å². The van der Waals surface area contributed by atoms with Gasteiger partial charge in [0, 0.05) is 58.5 Å². The maximum Gasteiger partial charge on any atom is 0.134 e. The van der Waals surface area contributed by atoms with Crippen molar-refractivity contribution in [1.82, 2.24) is 4.57 Å². The molecule has 200 valence electrons. The zero-order valence-corrected chi connectivity index (χ0v) is 23.8. The van der Waals surface area contributed by atoms with Crippen molar-refractivity contribution in [3.63, 3.8) is 0 Å². The predicted octanol–water partition coefficient (Wildman–Crippen LogP) is 8.95. The second-order valence-corrected chi connectivity index (χ2v) is 12.1. The van der Waals surface area contributed by atoms with Gasteiger partial charge in [-0.25, -0.2) is 0 Å². The summed E-state index contributed by atoms with van der Waals surface area (Å²) in [5, 5.41) is 2.45. The van der Waals surface area contributed by atoms with Crippen molar-refractivity contribution in [2.24, 2.45) is 17.6 Å². The Labute approximate surface area is 237 Å². The highest BCUT2D eigenvalue weighted by Crippen LogP contribution is 2.39. The van der Waals surface area contributed by atoms with E-state index in [0.717, 1.165) is 43.7 Å². The minimum absolute atomic E-state index is 0. The van der Waals surface area contributed by atoms with Crippen LogP contribution in [0.3, 0.4) is 0 Å². The van der Waals surface area contributed by atoms with Crippen LogP contribution < -0.4 is 5.73 Å². The summed E-state index contributed by atoms with van der Waals surface area (Å²) in [6.07, 6.45) is 14.2. The van der Waals surface area contributed by atoms with Gasteiger partial charge in [0.05, 0.1) is 0 Å². The molecule has 0 aliphatic heterocycles. The fourth-order valence-electron chi connectivity index (χ4n) is 6.56. The second kappa shape index (κ2) is 13.0. The van der Waals surface area contributed by atoms with Crippen molar-refractivity contribution in [3.05, 3.63) is 69.8 Å². The van der Waals surface area contributed by atoms with Crippen LogP contribution in [0.5, 0.6) is 0 Å². The van der Waals surface area contributed by atoms with E-state index >= 15 is 0 Å². The molecule has 0 saturated heterocycles. The third kappa shape index (κ3) is 7.12. The molecule has 2 saturated carbocycles. The lowest BCUT2D eigenvalue weighted by atomic mass is 9.80. The predicted molar refractivity (Wildman–Crippen MR) is 158 cm³/mol. The normalized spacial score (nSPS) is 21.5. The van der Waals surface area contributed by atoms with Gasteiger partial charge in [0.2, 0.25) is 0 Å². The average molecular weight is 562 g/mol. The Hall–Kier alpha value is -1.52. The van der Waals surface area contributed by atoms with Crippen LogP contribution in [0.25, 0.3) is 10.9 Å². The molecule has 1 heterocycles. The maximum atomic E-state index is 13.5. The van der Waals surface area contributed by atoms with E-state index in [1.165, 1.54) is 48.6 Å². The Morgan fingerprint density at radius 3 is 2.30 bits per heavy atom. The molecular weight excluding hydrogens is 523 g/mol. The molecule has 1 aromatic heterocycles. The zero-order valence-electron chi connectivity index (χ0n) is 21.5. The Kier molecular flexibility index (Phi) is 10.0. The van der Waals surface area contributed by atoms with E-state index in [1.54, 1.807) is 6.07 Å². The summed E-state index contributed by atoms with van der Waals surface area (Å²) < 4.78 is 2.44. The largest absolute Gasteiger partial charge is 0.347 e.